The lowest BCUT2D eigenvalue weighted by atomic mass is 9.87. The molecular weight excluding hydrogens is 335 g/mol. The van der Waals surface area contributed by atoms with Crippen LogP contribution in [0.2, 0.25) is 0 Å². The molecule has 1 N–H and O–H groups in total. The highest BCUT2D eigenvalue weighted by Crippen LogP contribution is 2.26. The van der Waals surface area contributed by atoms with Crippen LogP contribution in [0.5, 0.6) is 0 Å². The number of hydrogen-bond acceptors (Lipinski definition) is 4. The second-order valence-corrected chi connectivity index (χ2v) is 7.99. The second-order valence-electron chi connectivity index (χ2n) is 6.30. The van der Waals surface area contributed by atoms with Crippen molar-refractivity contribution in [2.45, 2.75) is 31.1 Å². The van der Waals surface area contributed by atoms with E-state index in [0.29, 0.717) is 0 Å². The van der Waals surface area contributed by atoms with Crippen molar-refractivity contribution >= 4 is 21.4 Å². The highest BCUT2D eigenvalue weighted by atomic mass is 32.2. The molecular formula is C16H17FN2O4S. The van der Waals surface area contributed by atoms with Gasteiger partial charge in [0.15, 0.2) is 0 Å². The number of rotatable bonds is 4. The van der Waals surface area contributed by atoms with Crippen LogP contribution >= 0.6 is 0 Å². The van der Waals surface area contributed by atoms with Gasteiger partial charge in [-0.05, 0) is 35.2 Å². The summed E-state index contributed by atoms with van der Waals surface area (Å²) in [5.41, 5.74) is -0.0204. The molecule has 2 aromatic rings. The Hall–Kier alpha value is -2.48. The second kappa shape index (κ2) is 6.20. The Bertz CT molecular complexity index is 872. The van der Waals surface area contributed by atoms with Crippen molar-refractivity contribution in [1.82, 2.24) is 0 Å². The van der Waals surface area contributed by atoms with Crippen LogP contribution in [-0.4, -0.2) is 13.3 Å². The van der Waals surface area contributed by atoms with Crippen molar-refractivity contribution in [2.75, 3.05) is 4.72 Å². The third-order valence-corrected chi connectivity index (χ3v) is 4.82. The highest BCUT2D eigenvalue weighted by molar-refractivity contribution is 7.92. The van der Waals surface area contributed by atoms with E-state index >= 15 is 0 Å². The van der Waals surface area contributed by atoms with Crippen molar-refractivity contribution in [3.63, 3.8) is 0 Å². The summed E-state index contributed by atoms with van der Waals surface area (Å²) in [6.07, 6.45) is 0. The molecule has 0 aliphatic rings. The van der Waals surface area contributed by atoms with Gasteiger partial charge in [-0.25, -0.2) is 8.42 Å². The van der Waals surface area contributed by atoms with E-state index in [0.717, 1.165) is 23.8 Å². The van der Waals surface area contributed by atoms with E-state index in [1.807, 2.05) is 20.8 Å². The molecule has 0 amide bonds. The average Bonchev–Trinajstić information content (AvgIpc) is 2.48. The molecule has 2 rings (SSSR count). The largest absolute Gasteiger partial charge is 0.306 e. The summed E-state index contributed by atoms with van der Waals surface area (Å²) in [4.78, 5) is 9.83. The lowest BCUT2D eigenvalue weighted by molar-refractivity contribution is -0.387. The zero-order valence-corrected chi connectivity index (χ0v) is 14.2. The summed E-state index contributed by atoms with van der Waals surface area (Å²) >= 11 is 0. The number of nitrogens with one attached hydrogen (secondary N) is 1. The van der Waals surface area contributed by atoms with Gasteiger partial charge in [-0.15, -0.1) is 0 Å². The summed E-state index contributed by atoms with van der Waals surface area (Å²) in [6, 6.07) is 9.16. The predicted molar refractivity (Wildman–Crippen MR) is 89.0 cm³/mol. The van der Waals surface area contributed by atoms with E-state index in [4.69, 9.17) is 0 Å². The van der Waals surface area contributed by atoms with Gasteiger partial charge < -0.3 is 0 Å². The molecule has 0 aromatic heterocycles. The first-order valence-electron chi connectivity index (χ1n) is 7.08. The average molecular weight is 352 g/mol. The summed E-state index contributed by atoms with van der Waals surface area (Å²) in [5.74, 6) is -1.03. The van der Waals surface area contributed by atoms with E-state index in [2.05, 4.69) is 4.72 Å². The zero-order valence-electron chi connectivity index (χ0n) is 13.4. The van der Waals surface area contributed by atoms with E-state index in [1.165, 1.54) is 12.1 Å². The number of nitro groups is 1. The molecule has 0 radical (unpaired) electrons. The Balaban J connectivity index is 2.32. The highest BCUT2D eigenvalue weighted by Gasteiger charge is 2.20. The van der Waals surface area contributed by atoms with Crippen LogP contribution in [0, 0.1) is 15.9 Å². The number of nitrogens with zero attached hydrogens (tertiary/aromatic N) is 1. The third-order valence-electron chi connectivity index (χ3n) is 3.43. The standard InChI is InChI=1S/C16H17FN2O4S/c1-16(2,3)11-4-7-13(8-5-11)24(22,23)18-12-6-9-14(17)15(10-12)19(20)21/h4-10,18H,1-3H3. The van der Waals surface area contributed by atoms with Gasteiger partial charge in [0.05, 0.1) is 15.5 Å². The molecule has 0 saturated carbocycles. The van der Waals surface area contributed by atoms with Gasteiger partial charge in [-0.1, -0.05) is 32.9 Å². The lowest BCUT2D eigenvalue weighted by Crippen LogP contribution is -2.15. The third kappa shape index (κ3) is 3.88. The van der Waals surface area contributed by atoms with Gasteiger partial charge in [-0.3, -0.25) is 14.8 Å². The molecule has 0 aliphatic heterocycles. The van der Waals surface area contributed by atoms with Gasteiger partial charge in [0, 0.05) is 6.07 Å². The summed E-state index contributed by atoms with van der Waals surface area (Å²) in [7, 11) is -3.93. The van der Waals surface area contributed by atoms with Crippen LogP contribution in [0.4, 0.5) is 15.8 Å². The van der Waals surface area contributed by atoms with Crippen LogP contribution in [0.1, 0.15) is 26.3 Å². The maximum Gasteiger partial charge on any atom is 0.306 e. The van der Waals surface area contributed by atoms with E-state index in [-0.39, 0.29) is 16.0 Å². The molecule has 8 heteroatoms. The number of halogens is 1. The summed E-state index contributed by atoms with van der Waals surface area (Å²) in [6.45, 7) is 6.02. The van der Waals surface area contributed by atoms with Gasteiger partial charge in [0.2, 0.25) is 5.82 Å². The fourth-order valence-electron chi connectivity index (χ4n) is 2.06. The SMILES string of the molecule is CC(C)(C)c1ccc(S(=O)(=O)Nc2ccc(F)c([N+](=O)[O-])c2)cc1. The molecule has 6 nitrogen and oxygen atoms in total. The molecule has 0 heterocycles. The Kier molecular flexibility index (Phi) is 4.61. The van der Waals surface area contributed by atoms with Gasteiger partial charge in [0.25, 0.3) is 10.0 Å². The first-order chi connectivity index (χ1) is 11.0. The van der Waals surface area contributed by atoms with Gasteiger partial charge >= 0.3 is 5.69 Å². The van der Waals surface area contributed by atoms with Crippen LogP contribution in [0.3, 0.4) is 0 Å². The Morgan fingerprint density at radius 1 is 1.08 bits per heavy atom. The van der Waals surface area contributed by atoms with Gasteiger partial charge in [-0.2, -0.15) is 4.39 Å². The van der Waals surface area contributed by atoms with Crippen LogP contribution in [0.15, 0.2) is 47.4 Å². The maximum atomic E-state index is 13.3. The molecule has 0 spiro atoms. The molecule has 128 valence electrons. The Morgan fingerprint density at radius 2 is 1.67 bits per heavy atom. The fraction of sp³-hybridized carbons (Fsp3) is 0.250. The zero-order chi connectivity index (χ0) is 18.1. The number of sulfonamides is 1. The van der Waals surface area contributed by atoms with E-state index in [1.54, 1.807) is 12.1 Å². The first-order valence-corrected chi connectivity index (χ1v) is 8.56. The van der Waals surface area contributed by atoms with E-state index < -0.39 is 26.5 Å². The van der Waals surface area contributed by atoms with Crippen molar-refractivity contribution in [1.29, 1.82) is 0 Å². The summed E-state index contributed by atoms with van der Waals surface area (Å²) < 4.78 is 40.2. The minimum Gasteiger partial charge on any atom is -0.279 e. The van der Waals surface area contributed by atoms with Crippen LogP contribution in [0.25, 0.3) is 0 Å². The van der Waals surface area contributed by atoms with Crippen molar-refractivity contribution in [3.05, 3.63) is 64.0 Å². The minimum absolute atomic E-state index is 0.0162. The molecule has 0 bridgehead atoms. The molecule has 24 heavy (non-hydrogen) atoms. The number of benzene rings is 2. The number of anilines is 1. The van der Waals surface area contributed by atoms with Crippen molar-refractivity contribution < 1.29 is 17.7 Å². The van der Waals surface area contributed by atoms with Gasteiger partial charge in [0.1, 0.15) is 0 Å². The minimum atomic E-state index is -3.93. The first kappa shape index (κ1) is 17.9. The molecule has 0 unspecified atom stereocenters. The Morgan fingerprint density at radius 3 is 2.17 bits per heavy atom. The van der Waals surface area contributed by atoms with E-state index in [9.17, 15) is 22.9 Å². The lowest BCUT2D eigenvalue weighted by Gasteiger charge is -2.19. The molecule has 0 aliphatic carbocycles. The number of nitro benzene ring substituents is 1. The molecule has 0 atom stereocenters. The smallest absolute Gasteiger partial charge is 0.279 e. The maximum absolute atomic E-state index is 13.3. The molecule has 2 aromatic carbocycles. The fourth-order valence-corrected chi connectivity index (χ4v) is 3.11. The summed E-state index contributed by atoms with van der Waals surface area (Å²) in [5, 5.41) is 10.7. The topological polar surface area (TPSA) is 89.3 Å². The monoisotopic (exact) mass is 352 g/mol. The predicted octanol–water partition coefficient (Wildman–Crippen LogP) is 3.83. The van der Waals surface area contributed by atoms with Crippen LogP contribution < -0.4 is 4.72 Å². The molecule has 0 saturated heterocycles. The normalized spacial score (nSPS) is 12.0. The van der Waals surface area contributed by atoms with Crippen molar-refractivity contribution in [2.24, 2.45) is 0 Å². The quantitative estimate of drug-likeness (QED) is 0.669. The number of hydrogen-bond donors (Lipinski definition) is 1. The Labute approximate surface area is 139 Å². The van der Waals surface area contributed by atoms with Crippen LogP contribution in [-0.2, 0) is 15.4 Å². The van der Waals surface area contributed by atoms with Crippen molar-refractivity contribution in [3.8, 4) is 0 Å². The molecule has 0 fully saturated rings.